The molecule has 0 aliphatic heterocycles. The predicted molar refractivity (Wildman–Crippen MR) is 122 cm³/mol. The van der Waals surface area contributed by atoms with Crippen LogP contribution in [0.3, 0.4) is 0 Å². The molecule has 0 bridgehead atoms. The number of hydrogen-bond acceptors (Lipinski definition) is 7. The minimum atomic E-state index is -2.10. The van der Waals surface area contributed by atoms with E-state index >= 15 is 0 Å². The smallest absolute Gasteiger partial charge is 0.326 e. The number of aliphatic imine (C=N–C) groups is 2. The lowest BCUT2D eigenvalue weighted by atomic mass is 9.96. The van der Waals surface area contributed by atoms with Crippen LogP contribution in [0.2, 0.25) is 0 Å². The summed E-state index contributed by atoms with van der Waals surface area (Å²) in [6.07, 6.45) is 17.0. The first-order chi connectivity index (χ1) is 12.9. The van der Waals surface area contributed by atoms with Gasteiger partial charge in [-0.3, -0.25) is 9.98 Å². The van der Waals surface area contributed by atoms with Crippen molar-refractivity contribution in [2.24, 2.45) is 21.5 Å². The molecule has 0 aromatic carbocycles. The summed E-state index contributed by atoms with van der Waals surface area (Å²) >= 11 is 3.09. The van der Waals surface area contributed by atoms with Crippen LogP contribution < -0.4 is 11.5 Å². The first kappa shape index (κ1) is 27.0. The molecule has 0 saturated heterocycles. The Hall–Kier alpha value is -0.0500. The van der Waals surface area contributed by atoms with Crippen molar-refractivity contribution < 1.29 is 14.3 Å². The minimum Gasteiger partial charge on any atom is -0.379 e. The Morgan fingerprint density at radius 3 is 1.33 bits per heavy atom. The molecule has 2 aliphatic rings. The summed E-state index contributed by atoms with van der Waals surface area (Å²) in [5.41, 5.74) is 11.2. The Labute approximate surface area is 174 Å². The van der Waals surface area contributed by atoms with Crippen LogP contribution >= 0.6 is 32.1 Å². The van der Waals surface area contributed by atoms with Gasteiger partial charge in [-0.1, -0.05) is 62.0 Å². The molecule has 7 nitrogen and oxygen atoms in total. The maximum absolute atomic E-state index is 7.76. The van der Waals surface area contributed by atoms with Crippen molar-refractivity contribution in [3.63, 3.8) is 0 Å². The van der Waals surface area contributed by atoms with Gasteiger partial charge in [-0.25, -0.2) is 0 Å². The molecule has 10 heteroatoms. The third-order valence-corrected chi connectivity index (χ3v) is 5.72. The van der Waals surface area contributed by atoms with E-state index in [1.54, 1.807) is 23.5 Å². The molecule has 2 fully saturated rings. The van der Waals surface area contributed by atoms with Gasteiger partial charge in [0.05, 0.1) is 12.1 Å². The molecule has 2 rings (SSSR count). The molecule has 0 heterocycles. The number of rotatable bonds is 3. The fraction of sp³-hybridized carbons (Fsp3) is 0.882. The van der Waals surface area contributed by atoms with Crippen LogP contribution in [-0.2, 0) is 4.52 Å². The highest BCUT2D eigenvalue weighted by atomic mass is 32.2. The van der Waals surface area contributed by atoms with Gasteiger partial charge in [0, 0.05) is 7.11 Å². The first-order valence-corrected chi connectivity index (χ1v) is 13.0. The summed E-state index contributed by atoms with van der Waals surface area (Å²) in [7, 11) is -0.870. The van der Waals surface area contributed by atoms with Crippen molar-refractivity contribution in [2.45, 2.75) is 76.3 Å². The monoisotopic (exact) mass is 440 g/mol. The quantitative estimate of drug-likeness (QED) is 0.298. The SMILES string of the molecule is COP(O)O.CSC(N)=NC1CCCCC1.CSC(N)=NC1CCCCC1. The average Bonchev–Trinajstić information content (AvgIpc) is 2.70. The highest BCUT2D eigenvalue weighted by Gasteiger charge is 2.12. The summed E-state index contributed by atoms with van der Waals surface area (Å²) in [6.45, 7) is 0. The molecule has 27 heavy (non-hydrogen) atoms. The maximum atomic E-state index is 7.76. The summed E-state index contributed by atoms with van der Waals surface area (Å²) in [4.78, 5) is 24.3. The molecular formula is C17H37N4O3PS2. The molecule has 2 aliphatic carbocycles. The van der Waals surface area contributed by atoms with E-state index < -0.39 is 8.60 Å². The van der Waals surface area contributed by atoms with Crippen molar-refractivity contribution in [3.8, 4) is 0 Å². The van der Waals surface area contributed by atoms with Gasteiger partial charge in [0.1, 0.15) is 0 Å². The van der Waals surface area contributed by atoms with Crippen LogP contribution in [0.4, 0.5) is 0 Å². The lowest BCUT2D eigenvalue weighted by Crippen LogP contribution is -2.15. The van der Waals surface area contributed by atoms with Gasteiger partial charge in [0.2, 0.25) is 0 Å². The number of thioether (sulfide) groups is 2. The molecule has 0 aromatic rings. The van der Waals surface area contributed by atoms with Crippen molar-refractivity contribution >= 4 is 42.5 Å². The third-order valence-electron chi connectivity index (χ3n) is 4.35. The second-order valence-electron chi connectivity index (χ2n) is 6.36. The lowest BCUT2D eigenvalue weighted by molar-refractivity contribution is 0.310. The van der Waals surface area contributed by atoms with Crippen molar-refractivity contribution in [1.82, 2.24) is 0 Å². The van der Waals surface area contributed by atoms with E-state index in [0.29, 0.717) is 12.1 Å². The van der Waals surface area contributed by atoms with E-state index in [-0.39, 0.29) is 0 Å². The van der Waals surface area contributed by atoms with E-state index in [2.05, 4.69) is 14.5 Å². The molecule has 160 valence electrons. The van der Waals surface area contributed by atoms with Gasteiger partial charge in [0.25, 0.3) is 0 Å². The summed E-state index contributed by atoms with van der Waals surface area (Å²) in [5.74, 6) is 0. The summed E-state index contributed by atoms with van der Waals surface area (Å²) in [6, 6.07) is 1.05. The molecule has 0 radical (unpaired) electrons. The zero-order valence-corrected chi connectivity index (χ0v) is 19.4. The van der Waals surface area contributed by atoms with Gasteiger partial charge >= 0.3 is 8.60 Å². The fourth-order valence-corrected chi connectivity index (χ4v) is 3.39. The van der Waals surface area contributed by atoms with E-state index in [1.165, 1.54) is 71.3 Å². The van der Waals surface area contributed by atoms with Crippen LogP contribution in [0.1, 0.15) is 64.2 Å². The number of hydrogen-bond donors (Lipinski definition) is 4. The molecule has 0 atom stereocenters. The first-order valence-electron chi connectivity index (χ1n) is 9.39. The standard InChI is InChI=1S/2C8H16N2S.CH5O3P/c2*1-11-8(9)10-7-5-3-2-4-6-7;1-4-5(2)3/h2*7H,2-6H2,1H3,(H2,9,10);2-3H,1H3. The highest BCUT2D eigenvalue weighted by Crippen LogP contribution is 2.22. The predicted octanol–water partition coefficient (Wildman–Crippen LogP) is 3.84. The fourth-order valence-electron chi connectivity index (χ4n) is 2.89. The Balaban J connectivity index is 0.000000405. The second-order valence-corrected chi connectivity index (χ2v) is 8.89. The minimum absolute atomic E-state index is 0.524. The van der Waals surface area contributed by atoms with Gasteiger partial charge in [-0.05, 0) is 38.2 Å². The Morgan fingerprint density at radius 1 is 0.815 bits per heavy atom. The van der Waals surface area contributed by atoms with E-state index in [0.717, 1.165) is 10.3 Å². The van der Waals surface area contributed by atoms with E-state index in [1.807, 2.05) is 12.5 Å². The van der Waals surface area contributed by atoms with Gasteiger partial charge in [0.15, 0.2) is 10.3 Å². The lowest BCUT2D eigenvalue weighted by Gasteiger charge is -2.17. The van der Waals surface area contributed by atoms with Crippen LogP contribution in [-0.4, -0.2) is 51.8 Å². The van der Waals surface area contributed by atoms with Crippen molar-refractivity contribution in [1.29, 1.82) is 0 Å². The Kier molecular flexibility index (Phi) is 18.0. The van der Waals surface area contributed by atoms with Crippen molar-refractivity contribution in [2.75, 3.05) is 19.6 Å². The zero-order chi connectivity index (χ0) is 20.5. The Bertz CT molecular complexity index is 383. The zero-order valence-electron chi connectivity index (χ0n) is 16.8. The highest BCUT2D eigenvalue weighted by molar-refractivity contribution is 8.13. The summed E-state index contributed by atoms with van der Waals surface area (Å²) < 4.78 is 3.93. The molecule has 0 amide bonds. The van der Waals surface area contributed by atoms with Crippen molar-refractivity contribution in [3.05, 3.63) is 0 Å². The van der Waals surface area contributed by atoms with Crippen LogP contribution in [0.5, 0.6) is 0 Å². The molecule has 0 unspecified atom stereocenters. The van der Waals surface area contributed by atoms with Gasteiger partial charge in [-0.2, -0.15) is 0 Å². The molecule has 2 saturated carbocycles. The van der Waals surface area contributed by atoms with Crippen LogP contribution in [0.15, 0.2) is 9.98 Å². The largest absolute Gasteiger partial charge is 0.379 e. The topological polar surface area (TPSA) is 126 Å². The van der Waals surface area contributed by atoms with Gasteiger partial charge in [-0.15, -0.1) is 0 Å². The van der Waals surface area contributed by atoms with Crippen LogP contribution in [0, 0.1) is 0 Å². The normalized spacial score (nSPS) is 19.8. The van der Waals surface area contributed by atoms with Gasteiger partial charge < -0.3 is 25.8 Å². The molecule has 0 aromatic heterocycles. The molecular weight excluding hydrogens is 403 g/mol. The van der Waals surface area contributed by atoms with E-state index in [4.69, 9.17) is 21.3 Å². The van der Waals surface area contributed by atoms with Crippen LogP contribution in [0.25, 0.3) is 0 Å². The maximum Gasteiger partial charge on any atom is 0.326 e. The molecule has 0 spiro atoms. The number of nitrogens with two attached hydrogens (primary N) is 2. The number of amidine groups is 2. The second kappa shape index (κ2) is 18.0. The number of nitrogens with zero attached hydrogens (tertiary/aromatic N) is 2. The summed E-state index contributed by atoms with van der Waals surface area (Å²) in [5, 5.41) is 1.49. The van der Waals surface area contributed by atoms with E-state index in [9.17, 15) is 0 Å². The third kappa shape index (κ3) is 16.6. The Morgan fingerprint density at radius 2 is 1.11 bits per heavy atom. The molecule has 6 N–H and O–H groups in total. The average molecular weight is 441 g/mol.